The highest BCUT2D eigenvalue weighted by Gasteiger charge is 2.05. The minimum Gasteiger partial charge on any atom is -0.497 e. The Bertz CT molecular complexity index is 650. The van der Waals surface area contributed by atoms with Crippen molar-refractivity contribution in [2.75, 3.05) is 21.3 Å². The predicted octanol–water partition coefficient (Wildman–Crippen LogP) is 4.65. The van der Waals surface area contributed by atoms with Crippen molar-refractivity contribution in [2.45, 2.75) is 0 Å². The first-order valence-corrected chi connectivity index (χ1v) is 7.21. The van der Waals surface area contributed by atoms with Gasteiger partial charge in [-0.05, 0) is 39.7 Å². The van der Waals surface area contributed by atoms with Gasteiger partial charge in [0.1, 0.15) is 17.2 Å². The zero-order chi connectivity index (χ0) is 15.2. The standard InChI is InChI=1S/C17H17BrO3/c1-19-14-10-9-12(16(11-14)21-3)7-8-13-5-4-6-15(20-2)17(13)18/h4-11H,1-3H3/b8-7+. The van der Waals surface area contributed by atoms with Crippen LogP contribution >= 0.6 is 15.9 Å². The molecule has 110 valence electrons. The zero-order valence-corrected chi connectivity index (χ0v) is 13.8. The molecule has 0 amide bonds. The summed E-state index contributed by atoms with van der Waals surface area (Å²) in [5.41, 5.74) is 2.01. The number of halogens is 1. The third-order valence-corrected chi connectivity index (χ3v) is 3.94. The molecule has 0 aliphatic heterocycles. The molecule has 4 heteroatoms. The Morgan fingerprint density at radius 2 is 1.52 bits per heavy atom. The molecule has 0 bridgehead atoms. The number of hydrogen-bond donors (Lipinski definition) is 0. The van der Waals surface area contributed by atoms with Crippen molar-refractivity contribution >= 4 is 28.1 Å². The first-order chi connectivity index (χ1) is 10.2. The Morgan fingerprint density at radius 3 is 2.19 bits per heavy atom. The molecule has 0 saturated carbocycles. The predicted molar refractivity (Wildman–Crippen MR) is 89.2 cm³/mol. The topological polar surface area (TPSA) is 27.7 Å². The minimum absolute atomic E-state index is 0.768. The molecule has 0 fully saturated rings. The molecule has 0 saturated heterocycles. The molecule has 0 aromatic heterocycles. The van der Waals surface area contributed by atoms with Gasteiger partial charge in [-0.3, -0.25) is 0 Å². The van der Waals surface area contributed by atoms with E-state index < -0.39 is 0 Å². The second-order valence-corrected chi connectivity index (χ2v) is 5.10. The fraction of sp³-hybridized carbons (Fsp3) is 0.176. The Labute approximate surface area is 133 Å². The molecule has 0 unspecified atom stereocenters. The van der Waals surface area contributed by atoms with Crippen molar-refractivity contribution in [3.8, 4) is 17.2 Å². The number of benzene rings is 2. The van der Waals surface area contributed by atoms with Crippen molar-refractivity contribution in [3.05, 3.63) is 52.0 Å². The van der Waals surface area contributed by atoms with Crippen molar-refractivity contribution in [3.63, 3.8) is 0 Å². The van der Waals surface area contributed by atoms with E-state index in [0.717, 1.165) is 32.8 Å². The lowest BCUT2D eigenvalue weighted by atomic mass is 10.1. The van der Waals surface area contributed by atoms with Crippen LogP contribution in [0.4, 0.5) is 0 Å². The summed E-state index contributed by atoms with van der Waals surface area (Å²) in [6.45, 7) is 0. The van der Waals surface area contributed by atoms with Gasteiger partial charge in [-0.25, -0.2) is 0 Å². The van der Waals surface area contributed by atoms with Gasteiger partial charge in [0, 0.05) is 11.6 Å². The average Bonchev–Trinajstić information content (AvgIpc) is 2.53. The quantitative estimate of drug-likeness (QED) is 0.736. The Morgan fingerprint density at radius 1 is 0.810 bits per heavy atom. The van der Waals surface area contributed by atoms with E-state index in [1.807, 2.05) is 48.6 Å². The molecular formula is C17H17BrO3. The first-order valence-electron chi connectivity index (χ1n) is 6.42. The number of ether oxygens (including phenoxy) is 3. The van der Waals surface area contributed by atoms with Gasteiger partial charge in [0.25, 0.3) is 0 Å². The van der Waals surface area contributed by atoms with Crippen molar-refractivity contribution in [2.24, 2.45) is 0 Å². The van der Waals surface area contributed by atoms with Crippen molar-refractivity contribution < 1.29 is 14.2 Å². The van der Waals surface area contributed by atoms with Gasteiger partial charge >= 0.3 is 0 Å². The highest BCUT2D eigenvalue weighted by atomic mass is 79.9. The van der Waals surface area contributed by atoms with Crippen LogP contribution in [0.2, 0.25) is 0 Å². The maximum absolute atomic E-state index is 5.38. The highest BCUT2D eigenvalue weighted by molar-refractivity contribution is 9.10. The van der Waals surface area contributed by atoms with Crippen LogP contribution in [0.5, 0.6) is 17.2 Å². The van der Waals surface area contributed by atoms with E-state index in [-0.39, 0.29) is 0 Å². The summed E-state index contributed by atoms with van der Waals surface area (Å²) in [7, 11) is 4.94. The summed E-state index contributed by atoms with van der Waals surface area (Å²) in [4.78, 5) is 0. The maximum atomic E-state index is 5.38. The van der Waals surface area contributed by atoms with Crippen LogP contribution < -0.4 is 14.2 Å². The van der Waals surface area contributed by atoms with Gasteiger partial charge < -0.3 is 14.2 Å². The van der Waals surface area contributed by atoms with Gasteiger partial charge in [0.2, 0.25) is 0 Å². The van der Waals surface area contributed by atoms with E-state index in [2.05, 4.69) is 15.9 Å². The maximum Gasteiger partial charge on any atom is 0.133 e. The van der Waals surface area contributed by atoms with E-state index in [0.29, 0.717) is 0 Å². The summed E-state index contributed by atoms with van der Waals surface area (Å²) < 4.78 is 16.8. The molecule has 0 atom stereocenters. The van der Waals surface area contributed by atoms with E-state index in [1.165, 1.54) is 0 Å². The third-order valence-electron chi connectivity index (χ3n) is 3.10. The lowest BCUT2D eigenvalue weighted by Gasteiger charge is -2.08. The van der Waals surface area contributed by atoms with E-state index >= 15 is 0 Å². The summed E-state index contributed by atoms with van der Waals surface area (Å²) >= 11 is 3.55. The third kappa shape index (κ3) is 3.58. The summed E-state index contributed by atoms with van der Waals surface area (Å²) in [5.74, 6) is 2.34. The van der Waals surface area contributed by atoms with Crippen LogP contribution in [-0.4, -0.2) is 21.3 Å². The number of hydrogen-bond acceptors (Lipinski definition) is 3. The molecule has 21 heavy (non-hydrogen) atoms. The largest absolute Gasteiger partial charge is 0.497 e. The molecule has 0 radical (unpaired) electrons. The SMILES string of the molecule is COc1ccc(/C=C/c2cccc(OC)c2Br)c(OC)c1. The Balaban J connectivity index is 2.33. The van der Waals surface area contributed by atoms with Crippen LogP contribution in [0, 0.1) is 0 Å². The summed E-state index contributed by atoms with van der Waals surface area (Å²) in [6, 6.07) is 11.6. The molecule has 2 rings (SSSR count). The van der Waals surface area contributed by atoms with Gasteiger partial charge in [-0.15, -0.1) is 0 Å². The van der Waals surface area contributed by atoms with Crippen LogP contribution in [0.3, 0.4) is 0 Å². The second kappa shape index (κ2) is 7.18. The fourth-order valence-electron chi connectivity index (χ4n) is 1.95. The smallest absolute Gasteiger partial charge is 0.133 e. The second-order valence-electron chi connectivity index (χ2n) is 4.30. The highest BCUT2D eigenvalue weighted by Crippen LogP contribution is 2.31. The molecule has 3 nitrogen and oxygen atoms in total. The molecule has 0 aliphatic carbocycles. The van der Waals surface area contributed by atoms with Crippen molar-refractivity contribution in [1.29, 1.82) is 0 Å². The molecule has 0 N–H and O–H groups in total. The normalized spacial score (nSPS) is 10.7. The van der Waals surface area contributed by atoms with Gasteiger partial charge in [-0.2, -0.15) is 0 Å². The molecular weight excluding hydrogens is 332 g/mol. The van der Waals surface area contributed by atoms with E-state index in [4.69, 9.17) is 14.2 Å². The average molecular weight is 349 g/mol. The molecule has 0 heterocycles. The van der Waals surface area contributed by atoms with Gasteiger partial charge in [0.15, 0.2) is 0 Å². The Kier molecular flexibility index (Phi) is 5.28. The molecule has 0 spiro atoms. The first kappa shape index (κ1) is 15.4. The number of methoxy groups -OCH3 is 3. The lowest BCUT2D eigenvalue weighted by Crippen LogP contribution is -1.89. The molecule has 2 aromatic carbocycles. The van der Waals surface area contributed by atoms with Crippen LogP contribution in [0.15, 0.2) is 40.9 Å². The van der Waals surface area contributed by atoms with Crippen LogP contribution in [-0.2, 0) is 0 Å². The van der Waals surface area contributed by atoms with E-state index in [1.54, 1.807) is 21.3 Å². The van der Waals surface area contributed by atoms with Gasteiger partial charge in [-0.1, -0.05) is 24.3 Å². The molecule has 2 aromatic rings. The van der Waals surface area contributed by atoms with Crippen LogP contribution in [0.1, 0.15) is 11.1 Å². The minimum atomic E-state index is 0.768. The van der Waals surface area contributed by atoms with Gasteiger partial charge in [0.05, 0.1) is 25.8 Å². The monoisotopic (exact) mass is 348 g/mol. The summed E-state index contributed by atoms with van der Waals surface area (Å²) in [5, 5.41) is 0. The lowest BCUT2D eigenvalue weighted by molar-refractivity contribution is 0.394. The zero-order valence-electron chi connectivity index (χ0n) is 12.2. The molecule has 0 aliphatic rings. The summed E-state index contributed by atoms with van der Waals surface area (Å²) in [6.07, 6.45) is 4.01. The van der Waals surface area contributed by atoms with Crippen LogP contribution in [0.25, 0.3) is 12.2 Å². The van der Waals surface area contributed by atoms with E-state index in [9.17, 15) is 0 Å². The fourth-order valence-corrected chi connectivity index (χ4v) is 2.51. The van der Waals surface area contributed by atoms with Crippen molar-refractivity contribution in [1.82, 2.24) is 0 Å². The number of rotatable bonds is 5. The Hall–Kier alpha value is -1.94.